The zero-order chi connectivity index (χ0) is 14.4. The summed E-state index contributed by atoms with van der Waals surface area (Å²) in [4.78, 5) is 0. The molecule has 1 aliphatic rings. The largest absolute Gasteiger partial charge is 0.465 e. The average Bonchev–Trinajstić information content (AvgIpc) is 2.88. The minimum Gasteiger partial charge on any atom is -0.465 e. The van der Waals surface area contributed by atoms with Gasteiger partial charge in [0.2, 0.25) is 0 Å². The Bertz CT molecular complexity index is 438. The fourth-order valence-electron chi connectivity index (χ4n) is 2.80. The van der Waals surface area contributed by atoms with Crippen LogP contribution in [-0.2, 0) is 19.8 Å². The topological polar surface area (TPSA) is 48.7 Å². The lowest BCUT2D eigenvalue weighted by Gasteiger charge is -2.19. The Morgan fingerprint density at radius 3 is 2.40 bits per heavy atom. The summed E-state index contributed by atoms with van der Waals surface area (Å²) in [6.45, 7) is 4.41. The van der Waals surface area contributed by atoms with Crippen molar-refractivity contribution >= 4 is 7.60 Å². The molecule has 0 radical (unpaired) electrons. The molecule has 1 fully saturated rings. The van der Waals surface area contributed by atoms with Gasteiger partial charge in [-0.05, 0) is 38.8 Å². The van der Waals surface area contributed by atoms with E-state index in [2.05, 4.69) is 0 Å². The Morgan fingerprint density at radius 1 is 1.15 bits per heavy atom. The molecule has 2 rings (SSSR count). The van der Waals surface area contributed by atoms with Gasteiger partial charge >= 0.3 is 7.60 Å². The van der Waals surface area contributed by atoms with Crippen molar-refractivity contribution in [2.24, 2.45) is 0 Å². The second kappa shape index (κ2) is 7.44. The Balaban J connectivity index is 2.02. The maximum absolute atomic E-state index is 12.5. The molecule has 0 amide bonds. The van der Waals surface area contributed by atoms with E-state index in [1.165, 1.54) is 32.1 Å². The van der Waals surface area contributed by atoms with Gasteiger partial charge in [-0.25, -0.2) is 0 Å². The molecule has 1 aromatic rings. The number of furan rings is 1. The molecule has 0 atom stereocenters. The van der Waals surface area contributed by atoms with Crippen molar-refractivity contribution in [1.29, 1.82) is 0 Å². The van der Waals surface area contributed by atoms with E-state index < -0.39 is 7.60 Å². The number of hydrogen-bond acceptors (Lipinski definition) is 4. The van der Waals surface area contributed by atoms with Crippen molar-refractivity contribution in [1.82, 2.24) is 0 Å². The molecule has 20 heavy (non-hydrogen) atoms. The lowest BCUT2D eigenvalue weighted by molar-refractivity contribution is 0.217. The molecule has 0 aromatic carbocycles. The summed E-state index contributed by atoms with van der Waals surface area (Å²) in [5.41, 5.74) is 0. The van der Waals surface area contributed by atoms with Crippen molar-refractivity contribution in [3.05, 3.63) is 23.7 Å². The third-order valence-corrected chi connectivity index (χ3v) is 5.69. The highest BCUT2D eigenvalue weighted by atomic mass is 31.2. The molecule has 1 aromatic heterocycles. The Hall–Kier alpha value is -0.570. The van der Waals surface area contributed by atoms with Gasteiger partial charge in [0.1, 0.15) is 17.7 Å². The third-order valence-electron chi connectivity index (χ3n) is 3.69. The highest BCUT2D eigenvalue weighted by molar-refractivity contribution is 7.53. The van der Waals surface area contributed by atoms with Crippen molar-refractivity contribution < 1.29 is 18.0 Å². The van der Waals surface area contributed by atoms with Gasteiger partial charge in [0, 0.05) is 5.92 Å². The summed E-state index contributed by atoms with van der Waals surface area (Å²) in [7, 11) is -3.06. The zero-order valence-corrected chi connectivity index (χ0v) is 13.4. The molecule has 4 nitrogen and oxygen atoms in total. The Labute approximate surface area is 121 Å². The quantitative estimate of drug-likeness (QED) is 0.658. The highest BCUT2D eigenvalue weighted by Crippen LogP contribution is 2.51. The monoisotopic (exact) mass is 300 g/mol. The predicted octanol–water partition coefficient (Wildman–Crippen LogP) is 5.09. The first-order valence-electron chi connectivity index (χ1n) is 7.63. The van der Waals surface area contributed by atoms with Crippen LogP contribution >= 0.6 is 7.60 Å². The maximum Gasteiger partial charge on any atom is 0.338 e. The fraction of sp³-hybridized carbons (Fsp3) is 0.733. The molecule has 0 N–H and O–H groups in total. The highest BCUT2D eigenvalue weighted by Gasteiger charge is 2.27. The molecule has 0 spiro atoms. The molecule has 0 unspecified atom stereocenters. The van der Waals surface area contributed by atoms with Gasteiger partial charge in [-0.2, -0.15) is 0 Å². The first-order valence-corrected chi connectivity index (χ1v) is 9.36. The van der Waals surface area contributed by atoms with E-state index in [9.17, 15) is 4.57 Å². The van der Waals surface area contributed by atoms with E-state index in [4.69, 9.17) is 13.5 Å². The molecule has 1 aliphatic carbocycles. The lowest BCUT2D eigenvalue weighted by Crippen LogP contribution is -2.03. The SMILES string of the molecule is CCOP(=O)(Cc1ccc(C2CCCCC2)o1)OCC. The lowest BCUT2D eigenvalue weighted by atomic mass is 9.88. The van der Waals surface area contributed by atoms with Gasteiger partial charge in [0.05, 0.1) is 13.2 Å². The number of hydrogen-bond donors (Lipinski definition) is 0. The summed E-state index contributed by atoms with van der Waals surface area (Å²) in [5.74, 6) is 2.26. The van der Waals surface area contributed by atoms with E-state index >= 15 is 0 Å². The zero-order valence-electron chi connectivity index (χ0n) is 12.5. The second-order valence-electron chi connectivity index (χ2n) is 5.24. The summed E-state index contributed by atoms with van der Waals surface area (Å²) in [5, 5.41) is 0. The summed E-state index contributed by atoms with van der Waals surface area (Å²) < 4.78 is 28.9. The van der Waals surface area contributed by atoms with Gasteiger partial charge < -0.3 is 13.5 Å². The van der Waals surface area contributed by atoms with Crippen LogP contribution in [0.15, 0.2) is 16.5 Å². The molecule has 1 heterocycles. The van der Waals surface area contributed by atoms with Gasteiger partial charge in [-0.1, -0.05) is 19.3 Å². The van der Waals surface area contributed by atoms with E-state index in [0.29, 0.717) is 24.9 Å². The van der Waals surface area contributed by atoms with Crippen LogP contribution in [0, 0.1) is 0 Å². The summed E-state index contributed by atoms with van der Waals surface area (Å²) in [6, 6.07) is 3.93. The maximum atomic E-state index is 12.5. The van der Waals surface area contributed by atoms with Crippen LogP contribution in [-0.4, -0.2) is 13.2 Å². The molecular formula is C15H25O4P. The predicted molar refractivity (Wildman–Crippen MR) is 79.1 cm³/mol. The van der Waals surface area contributed by atoms with Gasteiger partial charge in [-0.15, -0.1) is 0 Å². The van der Waals surface area contributed by atoms with Crippen molar-refractivity contribution in [2.45, 2.75) is 58.0 Å². The van der Waals surface area contributed by atoms with E-state index in [0.717, 1.165) is 5.76 Å². The molecule has 114 valence electrons. The van der Waals surface area contributed by atoms with Crippen LogP contribution < -0.4 is 0 Å². The summed E-state index contributed by atoms with van der Waals surface area (Å²) >= 11 is 0. The molecular weight excluding hydrogens is 275 g/mol. The minimum absolute atomic E-state index is 0.224. The van der Waals surface area contributed by atoms with Crippen LogP contribution in [0.25, 0.3) is 0 Å². The Morgan fingerprint density at radius 2 is 1.80 bits per heavy atom. The standard InChI is InChI=1S/C15H25O4P/c1-3-17-20(16,18-4-2)12-14-10-11-15(19-14)13-8-6-5-7-9-13/h10-11,13H,3-9,12H2,1-2H3. The second-order valence-corrected chi connectivity index (χ2v) is 7.30. The number of rotatable bonds is 7. The smallest absolute Gasteiger partial charge is 0.338 e. The normalized spacial score (nSPS) is 17.5. The van der Waals surface area contributed by atoms with Crippen molar-refractivity contribution in [2.75, 3.05) is 13.2 Å². The average molecular weight is 300 g/mol. The fourth-order valence-corrected chi connectivity index (χ4v) is 4.39. The van der Waals surface area contributed by atoms with E-state index in [1.807, 2.05) is 26.0 Å². The first-order chi connectivity index (χ1) is 9.67. The van der Waals surface area contributed by atoms with Gasteiger partial charge in [-0.3, -0.25) is 4.57 Å². The van der Waals surface area contributed by atoms with E-state index in [1.54, 1.807) is 0 Å². The van der Waals surface area contributed by atoms with Crippen molar-refractivity contribution in [3.8, 4) is 0 Å². The third kappa shape index (κ3) is 4.21. The minimum atomic E-state index is -3.06. The molecule has 0 bridgehead atoms. The van der Waals surface area contributed by atoms with E-state index in [-0.39, 0.29) is 6.16 Å². The Kier molecular flexibility index (Phi) is 5.88. The van der Waals surface area contributed by atoms with Crippen LogP contribution in [0.5, 0.6) is 0 Å². The van der Waals surface area contributed by atoms with Crippen LogP contribution in [0.1, 0.15) is 63.4 Å². The molecule has 0 saturated heterocycles. The van der Waals surface area contributed by atoms with Gasteiger partial charge in [0.15, 0.2) is 0 Å². The van der Waals surface area contributed by atoms with Crippen LogP contribution in [0.2, 0.25) is 0 Å². The van der Waals surface area contributed by atoms with Crippen LogP contribution in [0.3, 0.4) is 0 Å². The first kappa shape index (κ1) is 15.8. The van der Waals surface area contributed by atoms with Crippen molar-refractivity contribution in [3.63, 3.8) is 0 Å². The van der Waals surface area contributed by atoms with Crippen LogP contribution in [0.4, 0.5) is 0 Å². The molecule has 1 saturated carbocycles. The van der Waals surface area contributed by atoms with Gasteiger partial charge in [0.25, 0.3) is 0 Å². The molecule has 5 heteroatoms. The summed E-state index contributed by atoms with van der Waals surface area (Å²) in [6.07, 6.45) is 6.49. The molecule has 0 aliphatic heterocycles.